The molecule has 2 heterocycles. The molecule has 97 heavy (non-hydrogen) atoms. The van der Waals surface area contributed by atoms with E-state index in [1.54, 1.807) is 66.9 Å². The van der Waals surface area contributed by atoms with E-state index in [1.165, 1.54) is 44.7 Å². The molecule has 0 bridgehead atoms. The average Bonchev–Trinajstić information content (AvgIpc) is 0.912. The molecule has 9 amide bonds. The summed E-state index contributed by atoms with van der Waals surface area (Å²) < 4.78 is 0. The largest absolute Gasteiger partial charge is 0.508 e. The summed E-state index contributed by atoms with van der Waals surface area (Å²) in [5.74, 6) is -6.26. The second-order valence-corrected chi connectivity index (χ2v) is 25.3. The summed E-state index contributed by atoms with van der Waals surface area (Å²) in [6.45, 7) is 5.41. The highest BCUT2D eigenvalue weighted by atomic mass is 35.5. The number of nitrogens with one attached hydrogen (secondary N) is 8. The Labute approximate surface area is 573 Å². The fourth-order valence-corrected chi connectivity index (χ4v) is 11.3. The molecule has 0 saturated heterocycles. The van der Waals surface area contributed by atoms with Crippen LogP contribution in [0.5, 0.6) is 5.75 Å². The van der Waals surface area contributed by atoms with Crippen LogP contribution >= 0.6 is 11.6 Å². The number of hydrogen-bond acceptors (Lipinski definition) is 14. The third-order valence-electron chi connectivity index (χ3n) is 16.5. The first-order chi connectivity index (χ1) is 46.7. The number of aromatic nitrogens is 2. The van der Waals surface area contributed by atoms with Gasteiger partial charge in [-0.1, -0.05) is 137 Å². The van der Waals surface area contributed by atoms with Gasteiger partial charge in [-0.25, -0.2) is 0 Å². The van der Waals surface area contributed by atoms with Gasteiger partial charge >= 0.3 is 0 Å². The van der Waals surface area contributed by atoms with Gasteiger partial charge in [0.05, 0.1) is 12.2 Å². The number of rotatable bonds is 41. The molecule has 24 heteroatoms. The van der Waals surface area contributed by atoms with Gasteiger partial charge in [-0.05, 0) is 126 Å². The first kappa shape index (κ1) is 76.7. The molecule has 0 unspecified atom stereocenters. The Balaban J connectivity index is 1.23. The molecule has 23 nitrogen and oxygen atoms in total. The molecule has 6 aromatic rings. The number of likely N-dealkylation sites (N-methyl/N-ethyl adjacent to an activating group) is 1. The number of carbonyl (C=O) groups excluding carboxylic acids is 9. The number of aromatic hydroxyl groups is 1. The van der Waals surface area contributed by atoms with E-state index in [4.69, 9.17) is 17.3 Å². The predicted octanol–water partition coefficient (Wildman–Crippen LogP) is 5.85. The van der Waals surface area contributed by atoms with Crippen LogP contribution in [0.1, 0.15) is 130 Å². The summed E-state index contributed by atoms with van der Waals surface area (Å²) in [5.41, 5.74) is 8.25. The Morgan fingerprint density at radius 2 is 1.02 bits per heavy atom. The van der Waals surface area contributed by atoms with Gasteiger partial charge in [0.1, 0.15) is 48.0 Å². The maximum absolute atomic E-state index is 15.1. The normalized spacial score (nSPS) is 13.3. The lowest BCUT2D eigenvalue weighted by Crippen LogP contribution is -2.61. The van der Waals surface area contributed by atoms with E-state index in [0.717, 1.165) is 72.6 Å². The van der Waals surface area contributed by atoms with E-state index in [1.807, 2.05) is 56.3 Å². The summed E-state index contributed by atoms with van der Waals surface area (Å²) in [7, 11) is 1.29. The third kappa shape index (κ3) is 26.7. The summed E-state index contributed by atoms with van der Waals surface area (Å²) in [5, 5.41) is 46.0. The van der Waals surface area contributed by atoms with Gasteiger partial charge in [0.2, 0.25) is 47.3 Å². The Bertz CT molecular complexity index is 3500. The lowest BCUT2D eigenvalue weighted by atomic mass is 9.99. The van der Waals surface area contributed by atoms with E-state index >= 15 is 4.79 Å². The molecule has 0 radical (unpaired) electrons. The molecular formula is C73H95ClN12O11. The number of pyridine rings is 2. The number of phenols is 1. The molecule has 0 spiro atoms. The van der Waals surface area contributed by atoms with Crippen molar-refractivity contribution in [1.82, 2.24) is 57.4 Å². The molecule has 2 aromatic heterocycles. The van der Waals surface area contributed by atoms with Gasteiger partial charge in [-0.2, -0.15) is 0 Å². The van der Waals surface area contributed by atoms with Crippen molar-refractivity contribution in [3.8, 4) is 5.75 Å². The van der Waals surface area contributed by atoms with E-state index < -0.39 is 90.3 Å². The molecule has 7 atom stereocenters. The highest BCUT2D eigenvalue weighted by molar-refractivity contribution is 6.30. The van der Waals surface area contributed by atoms with Crippen molar-refractivity contribution >= 4 is 75.5 Å². The summed E-state index contributed by atoms with van der Waals surface area (Å²) in [4.78, 5) is 137. The minimum atomic E-state index is -1.75. The zero-order valence-corrected chi connectivity index (χ0v) is 56.7. The summed E-state index contributed by atoms with van der Waals surface area (Å²) >= 11 is 6.25. The third-order valence-corrected chi connectivity index (χ3v) is 16.8. The van der Waals surface area contributed by atoms with Crippen LogP contribution in [0.25, 0.3) is 10.8 Å². The average molecular weight is 1350 g/mol. The molecule has 520 valence electrons. The van der Waals surface area contributed by atoms with Gasteiger partial charge in [0.25, 0.3) is 5.91 Å². The van der Waals surface area contributed by atoms with E-state index in [9.17, 15) is 48.6 Å². The number of aliphatic hydroxyl groups is 1. The predicted molar refractivity (Wildman–Crippen MR) is 372 cm³/mol. The Morgan fingerprint density at radius 1 is 0.505 bits per heavy atom. The number of nitrogens with two attached hydrogens (primary N) is 1. The minimum Gasteiger partial charge on any atom is -0.508 e. The smallest absolute Gasteiger partial charge is 0.252 e. The molecule has 0 aliphatic heterocycles. The molecular weight excluding hydrogens is 1260 g/mol. The number of benzene rings is 4. The standard InChI is InChI=1S/C73H95ClN12O11/c1-48(2)39-60(67(91)79-37-15-10-8-6-5-7-9-14-34-75)82-68(92)59(23-13-16-38-78-66(90)56-22-18-36-77-46-56)81-72(96)65(44-51-27-32-58(89)33-28-51)86(4)73(97)64(47-87)85-71(95)63(43-53-19-17-35-76-45-53)84-70(94)62(41-50-25-30-57(74)31-26-50)83-69(93)61(80-49(3)88)42-52-24-29-54-20-11-12-21-55(54)40-52/h11-12,17-22,24-33,35-36,40,45-46,48,59-65,87,89H,5-10,13-16,23,34,37-39,41-44,47,75H2,1-4H3,(H,78,90)(H,79,91)(H,80,88)(H,81,96)(H,82,92)(H,83,93)(H,84,94)(H,85,95)/t59-,60+,61-,62-,63-,64+,65+/m1/s1. The fraction of sp³-hybridized carbons (Fsp3) is 0.438. The lowest BCUT2D eigenvalue weighted by Gasteiger charge is -2.32. The van der Waals surface area contributed by atoms with Gasteiger partial charge in [0.15, 0.2) is 0 Å². The van der Waals surface area contributed by atoms with Crippen LogP contribution in [-0.4, -0.2) is 154 Å². The topological polar surface area (TPSA) is 345 Å². The second-order valence-electron chi connectivity index (χ2n) is 24.9. The molecule has 12 N–H and O–H groups in total. The van der Waals surface area contributed by atoms with E-state index in [0.29, 0.717) is 53.2 Å². The Hall–Kier alpha value is -9.32. The second kappa shape index (κ2) is 40.9. The van der Waals surface area contributed by atoms with Crippen LogP contribution in [0.4, 0.5) is 0 Å². The van der Waals surface area contributed by atoms with Crippen LogP contribution in [0, 0.1) is 5.92 Å². The SMILES string of the molecule is CC(=O)N[C@H](Cc1ccc2ccccc2c1)C(=O)N[C@H](Cc1ccc(Cl)cc1)C(=O)N[C@H](Cc1cccnc1)C(=O)N[C@@H](CO)C(=O)N(C)[C@@H](Cc1ccc(O)cc1)C(=O)N[C@H](CCCCNC(=O)c1cccnc1)C(=O)N[C@@H](CC(C)C)C(=O)NCCCCCCCCCCN. The van der Waals surface area contributed by atoms with Crippen LogP contribution in [0.3, 0.4) is 0 Å². The number of aliphatic hydroxyl groups excluding tert-OH is 1. The van der Waals surface area contributed by atoms with Gasteiger partial charge in [-0.3, -0.25) is 53.1 Å². The van der Waals surface area contributed by atoms with E-state index in [2.05, 4.69) is 52.5 Å². The van der Waals surface area contributed by atoms with Gasteiger partial charge in [-0.15, -0.1) is 0 Å². The highest BCUT2D eigenvalue weighted by Crippen LogP contribution is 2.20. The van der Waals surface area contributed by atoms with Gasteiger partial charge in [0, 0.05) is 82.6 Å². The maximum Gasteiger partial charge on any atom is 0.252 e. The first-order valence-electron chi connectivity index (χ1n) is 33.4. The van der Waals surface area contributed by atoms with Crippen LogP contribution < -0.4 is 48.3 Å². The highest BCUT2D eigenvalue weighted by Gasteiger charge is 2.37. The van der Waals surface area contributed by atoms with Crippen molar-refractivity contribution in [2.45, 2.75) is 166 Å². The van der Waals surface area contributed by atoms with Crippen molar-refractivity contribution in [2.24, 2.45) is 11.7 Å². The summed E-state index contributed by atoms with van der Waals surface area (Å²) in [6, 6.07) is 22.8. The summed E-state index contributed by atoms with van der Waals surface area (Å²) in [6.07, 6.45) is 14.6. The number of halogens is 1. The monoisotopic (exact) mass is 1350 g/mol. The minimum absolute atomic E-state index is 0.0248. The number of nitrogens with zero attached hydrogens (tertiary/aromatic N) is 3. The maximum atomic E-state index is 15.1. The van der Waals surface area contributed by atoms with Crippen molar-refractivity contribution in [1.29, 1.82) is 0 Å². The number of phenolic OH excluding ortho intramolecular Hbond substituents is 1. The zero-order chi connectivity index (χ0) is 70.1. The number of carbonyl (C=O) groups is 9. The number of amides is 9. The van der Waals surface area contributed by atoms with Crippen molar-refractivity contribution in [2.75, 3.05) is 33.3 Å². The molecule has 6 rings (SSSR count). The number of hydrogen-bond donors (Lipinski definition) is 11. The van der Waals surface area contributed by atoms with Crippen molar-refractivity contribution in [3.63, 3.8) is 0 Å². The Morgan fingerprint density at radius 3 is 1.63 bits per heavy atom. The zero-order valence-electron chi connectivity index (χ0n) is 55.9. The molecule has 0 fully saturated rings. The quantitative estimate of drug-likeness (QED) is 0.0201. The van der Waals surface area contributed by atoms with Crippen LogP contribution in [0.15, 0.2) is 140 Å². The van der Waals surface area contributed by atoms with Crippen molar-refractivity contribution in [3.05, 3.63) is 173 Å². The molecule has 0 aliphatic rings. The number of unbranched alkanes of at least 4 members (excludes halogenated alkanes) is 8. The molecule has 4 aromatic carbocycles. The number of fused-ring (bicyclic) bond motifs is 1. The van der Waals surface area contributed by atoms with Crippen LogP contribution in [0.2, 0.25) is 5.02 Å². The first-order valence-corrected chi connectivity index (χ1v) is 33.8. The molecule has 0 saturated carbocycles. The fourth-order valence-electron chi connectivity index (χ4n) is 11.2. The van der Waals surface area contributed by atoms with Gasteiger partial charge < -0.3 is 63.4 Å². The Kier molecular flexibility index (Phi) is 32.4. The molecule has 0 aliphatic carbocycles. The van der Waals surface area contributed by atoms with Crippen molar-refractivity contribution < 1.29 is 53.4 Å². The lowest BCUT2D eigenvalue weighted by molar-refractivity contribution is -0.144. The van der Waals surface area contributed by atoms with Crippen LogP contribution in [-0.2, 0) is 64.0 Å². The van der Waals surface area contributed by atoms with E-state index in [-0.39, 0.29) is 68.6 Å².